The number of amides is 1. The van der Waals surface area contributed by atoms with Crippen molar-refractivity contribution in [3.8, 4) is 0 Å². The van der Waals surface area contributed by atoms with Gasteiger partial charge in [-0.3, -0.25) is 4.79 Å². The van der Waals surface area contributed by atoms with Gasteiger partial charge in [0.25, 0.3) is 0 Å². The van der Waals surface area contributed by atoms with E-state index in [1.807, 2.05) is 0 Å². The van der Waals surface area contributed by atoms with Gasteiger partial charge in [-0.15, -0.1) is 0 Å². The Hall–Kier alpha value is -1.35. The van der Waals surface area contributed by atoms with Crippen molar-refractivity contribution in [2.45, 2.75) is 44.9 Å². The van der Waals surface area contributed by atoms with Crippen molar-refractivity contribution in [1.82, 2.24) is 9.80 Å². The number of hydrogen-bond donors (Lipinski definition) is 0. The molecule has 3 aliphatic rings. The lowest BCUT2D eigenvalue weighted by Gasteiger charge is -2.21. The Morgan fingerprint density at radius 2 is 1.83 bits per heavy atom. The third-order valence-electron chi connectivity index (χ3n) is 6.63. The van der Waals surface area contributed by atoms with Gasteiger partial charge in [-0.25, -0.2) is 0 Å². The zero-order valence-corrected chi connectivity index (χ0v) is 14.9. The van der Waals surface area contributed by atoms with Crippen molar-refractivity contribution >= 4 is 5.91 Å². The summed E-state index contributed by atoms with van der Waals surface area (Å²) in [6, 6.07) is 9.42. The van der Waals surface area contributed by atoms with Crippen molar-refractivity contribution in [1.29, 1.82) is 0 Å². The summed E-state index contributed by atoms with van der Waals surface area (Å²) in [6.07, 6.45) is 6.51. The van der Waals surface area contributed by atoms with Gasteiger partial charge < -0.3 is 9.80 Å². The van der Waals surface area contributed by atoms with Crippen LogP contribution in [-0.4, -0.2) is 48.4 Å². The second kappa shape index (κ2) is 6.87. The molecular weight excluding hydrogens is 296 g/mol. The molecule has 0 aromatic heterocycles. The molecule has 4 rings (SSSR count). The summed E-state index contributed by atoms with van der Waals surface area (Å²) >= 11 is 0. The first-order valence-corrected chi connectivity index (χ1v) is 9.77. The van der Waals surface area contributed by atoms with E-state index < -0.39 is 0 Å². The highest BCUT2D eigenvalue weighted by molar-refractivity contribution is 5.73. The van der Waals surface area contributed by atoms with E-state index in [0.717, 1.165) is 19.0 Å². The monoisotopic (exact) mass is 326 g/mol. The molecule has 2 aliphatic heterocycles. The number of hydrogen-bond acceptors (Lipinski definition) is 2. The van der Waals surface area contributed by atoms with Crippen LogP contribution in [0.2, 0.25) is 0 Å². The summed E-state index contributed by atoms with van der Waals surface area (Å²) in [6.45, 7) is 7.46. The molecule has 1 aromatic rings. The predicted octanol–water partition coefficient (Wildman–Crippen LogP) is 3.30. The summed E-state index contributed by atoms with van der Waals surface area (Å²) in [5.41, 5.74) is 2.97. The van der Waals surface area contributed by atoms with Gasteiger partial charge in [0, 0.05) is 26.6 Å². The second-order valence-electron chi connectivity index (χ2n) is 8.07. The van der Waals surface area contributed by atoms with E-state index in [1.165, 1.54) is 62.9 Å². The molecular formula is C21H30N2O. The van der Waals surface area contributed by atoms with Crippen LogP contribution < -0.4 is 0 Å². The summed E-state index contributed by atoms with van der Waals surface area (Å²) in [7, 11) is 0. The van der Waals surface area contributed by atoms with E-state index >= 15 is 0 Å². The normalized spacial score (nSPS) is 30.0. The fourth-order valence-corrected chi connectivity index (χ4v) is 5.16. The molecule has 130 valence electrons. The van der Waals surface area contributed by atoms with Crippen LogP contribution in [0.3, 0.4) is 0 Å². The van der Waals surface area contributed by atoms with Gasteiger partial charge in [-0.05, 0) is 74.1 Å². The maximum Gasteiger partial charge on any atom is 0.219 e. The average Bonchev–Trinajstić information content (AvgIpc) is 3.30. The largest absolute Gasteiger partial charge is 0.342 e. The van der Waals surface area contributed by atoms with Gasteiger partial charge in [0.2, 0.25) is 5.91 Å². The number of rotatable bonds is 4. The Morgan fingerprint density at radius 1 is 1.08 bits per heavy atom. The zero-order valence-electron chi connectivity index (χ0n) is 14.9. The van der Waals surface area contributed by atoms with Crippen molar-refractivity contribution in [3.63, 3.8) is 0 Å². The van der Waals surface area contributed by atoms with E-state index in [2.05, 4.69) is 34.1 Å². The van der Waals surface area contributed by atoms with Crippen LogP contribution in [0.15, 0.2) is 24.3 Å². The SMILES string of the molecule is CC(=O)N1CC2CCC(c3ccc(CCN4CCCC4)cc3)C2C1. The van der Waals surface area contributed by atoms with Crippen molar-refractivity contribution in [3.05, 3.63) is 35.4 Å². The van der Waals surface area contributed by atoms with Crippen molar-refractivity contribution in [2.24, 2.45) is 11.8 Å². The van der Waals surface area contributed by atoms with Crippen LogP contribution in [0.5, 0.6) is 0 Å². The van der Waals surface area contributed by atoms with Crippen LogP contribution in [-0.2, 0) is 11.2 Å². The van der Waals surface area contributed by atoms with Gasteiger partial charge in [0.1, 0.15) is 0 Å². The highest BCUT2D eigenvalue weighted by atomic mass is 16.2. The van der Waals surface area contributed by atoms with Gasteiger partial charge in [-0.1, -0.05) is 24.3 Å². The van der Waals surface area contributed by atoms with Gasteiger partial charge >= 0.3 is 0 Å². The Balaban J connectivity index is 1.37. The summed E-state index contributed by atoms with van der Waals surface area (Å²) in [4.78, 5) is 16.3. The maximum atomic E-state index is 11.7. The van der Waals surface area contributed by atoms with Gasteiger partial charge in [0.15, 0.2) is 0 Å². The number of likely N-dealkylation sites (tertiary alicyclic amines) is 2. The molecule has 1 amide bonds. The van der Waals surface area contributed by atoms with Crippen LogP contribution in [0.4, 0.5) is 0 Å². The molecule has 0 radical (unpaired) electrons. The number of carbonyl (C=O) groups excluding carboxylic acids is 1. The van der Waals surface area contributed by atoms with Gasteiger partial charge in [-0.2, -0.15) is 0 Å². The lowest BCUT2D eigenvalue weighted by atomic mass is 9.86. The second-order valence-corrected chi connectivity index (χ2v) is 8.07. The number of fused-ring (bicyclic) bond motifs is 1. The maximum absolute atomic E-state index is 11.7. The van der Waals surface area contributed by atoms with E-state index in [9.17, 15) is 4.79 Å². The molecule has 3 fully saturated rings. The first kappa shape index (κ1) is 16.1. The topological polar surface area (TPSA) is 23.6 Å². The Morgan fingerprint density at radius 3 is 2.54 bits per heavy atom. The summed E-state index contributed by atoms with van der Waals surface area (Å²) in [5, 5.41) is 0. The standard InChI is InChI=1S/C21H30N2O/c1-16(24)23-14-19-8-9-20(21(19)15-23)18-6-4-17(5-7-18)10-13-22-11-2-3-12-22/h4-7,19-21H,2-3,8-15H2,1H3. The summed E-state index contributed by atoms with van der Waals surface area (Å²) in [5.74, 6) is 2.32. The molecule has 1 aliphatic carbocycles. The van der Waals surface area contributed by atoms with E-state index in [-0.39, 0.29) is 5.91 Å². The number of carbonyl (C=O) groups is 1. The molecule has 0 N–H and O–H groups in total. The smallest absolute Gasteiger partial charge is 0.219 e. The molecule has 3 unspecified atom stereocenters. The fourth-order valence-electron chi connectivity index (χ4n) is 5.16. The molecule has 2 saturated heterocycles. The predicted molar refractivity (Wildman–Crippen MR) is 97.0 cm³/mol. The average molecular weight is 326 g/mol. The van der Waals surface area contributed by atoms with E-state index in [1.54, 1.807) is 6.92 Å². The van der Waals surface area contributed by atoms with E-state index in [4.69, 9.17) is 0 Å². The van der Waals surface area contributed by atoms with Gasteiger partial charge in [0.05, 0.1) is 0 Å². The first-order chi connectivity index (χ1) is 11.7. The molecule has 24 heavy (non-hydrogen) atoms. The highest BCUT2D eigenvalue weighted by Crippen LogP contribution is 2.47. The third-order valence-corrected chi connectivity index (χ3v) is 6.63. The minimum Gasteiger partial charge on any atom is -0.342 e. The molecule has 0 spiro atoms. The Labute approximate surface area is 146 Å². The van der Waals surface area contributed by atoms with Crippen LogP contribution in [0, 0.1) is 11.8 Å². The molecule has 0 bridgehead atoms. The van der Waals surface area contributed by atoms with Crippen LogP contribution in [0.25, 0.3) is 0 Å². The zero-order chi connectivity index (χ0) is 16.5. The molecule has 3 nitrogen and oxygen atoms in total. The molecule has 3 heteroatoms. The molecule has 1 saturated carbocycles. The van der Waals surface area contributed by atoms with E-state index in [0.29, 0.717) is 11.8 Å². The minimum absolute atomic E-state index is 0.250. The Kier molecular flexibility index (Phi) is 4.62. The lowest BCUT2D eigenvalue weighted by Crippen LogP contribution is -2.27. The molecule has 2 heterocycles. The minimum atomic E-state index is 0.250. The highest BCUT2D eigenvalue weighted by Gasteiger charge is 2.43. The third kappa shape index (κ3) is 3.23. The lowest BCUT2D eigenvalue weighted by molar-refractivity contribution is -0.128. The fraction of sp³-hybridized carbons (Fsp3) is 0.667. The number of benzene rings is 1. The number of nitrogens with zero attached hydrogens (tertiary/aromatic N) is 2. The molecule has 1 aromatic carbocycles. The van der Waals surface area contributed by atoms with Crippen LogP contribution >= 0.6 is 0 Å². The van der Waals surface area contributed by atoms with Crippen molar-refractivity contribution in [2.75, 3.05) is 32.7 Å². The Bertz CT molecular complexity index is 576. The quantitative estimate of drug-likeness (QED) is 0.847. The molecule has 3 atom stereocenters. The first-order valence-electron chi connectivity index (χ1n) is 9.77. The summed E-state index contributed by atoms with van der Waals surface area (Å²) < 4.78 is 0. The van der Waals surface area contributed by atoms with Crippen molar-refractivity contribution < 1.29 is 4.79 Å². The van der Waals surface area contributed by atoms with Crippen LogP contribution in [0.1, 0.15) is 49.7 Å².